The van der Waals surface area contributed by atoms with Crippen molar-refractivity contribution in [2.24, 2.45) is 5.92 Å². The maximum Gasteiger partial charge on any atom is 0.410 e. The molecule has 3 fully saturated rings. The number of amides is 1. The van der Waals surface area contributed by atoms with E-state index in [-0.39, 0.29) is 6.09 Å². The van der Waals surface area contributed by atoms with Crippen molar-refractivity contribution in [2.75, 3.05) is 31.1 Å². The number of hydrogen-bond donors (Lipinski definition) is 0. The minimum Gasteiger partial charge on any atom is -0.444 e. The molecule has 2 saturated carbocycles. The van der Waals surface area contributed by atoms with E-state index in [4.69, 9.17) is 14.7 Å². The molecule has 6 rings (SSSR count). The van der Waals surface area contributed by atoms with Crippen LogP contribution in [0.4, 0.5) is 10.6 Å². The van der Waals surface area contributed by atoms with E-state index in [0.29, 0.717) is 37.9 Å². The molecule has 3 aromatic heterocycles. The SMILES string of the molecule is CC(C)(C)OC(=O)N1CCN(c2nc(-c3ccnc(CC4CCCC4)c3)nc3cncc(C4CC4)c23)CC1. The van der Waals surface area contributed by atoms with Crippen LogP contribution in [-0.2, 0) is 11.2 Å². The Bertz CT molecular complexity index is 1320. The number of ether oxygens (including phenoxy) is 1. The summed E-state index contributed by atoms with van der Waals surface area (Å²) in [4.78, 5) is 36.2. The van der Waals surface area contributed by atoms with Crippen LogP contribution in [0, 0.1) is 5.92 Å². The Morgan fingerprint density at radius 2 is 1.79 bits per heavy atom. The number of hydrogen-bond acceptors (Lipinski definition) is 7. The van der Waals surface area contributed by atoms with Gasteiger partial charge in [0.1, 0.15) is 11.4 Å². The van der Waals surface area contributed by atoms with E-state index in [2.05, 4.69) is 20.9 Å². The zero-order valence-corrected chi connectivity index (χ0v) is 22.8. The first-order chi connectivity index (χ1) is 18.3. The molecular formula is C30H38N6O2. The molecule has 0 atom stereocenters. The quantitative estimate of drug-likeness (QED) is 0.428. The van der Waals surface area contributed by atoms with E-state index in [9.17, 15) is 4.79 Å². The average molecular weight is 515 g/mol. The number of nitrogens with zero attached hydrogens (tertiary/aromatic N) is 6. The monoisotopic (exact) mass is 514 g/mol. The van der Waals surface area contributed by atoms with Crippen LogP contribution >= 0.6 is 0 Å². The van der Waals surface area contributed by atoms with Gasteiger partial charge in [-0.25, -0.2) is 14.8 Å². The van der Waals surface area contributed by atoms with Crippen molar-refractivity contribution in [3.8, 4) is 11.4 Å². The first kappa shape index (κ1) is 25.0. The predicted octanol–water partition coefficient (Wildman–Crippen LogP) is 5.75. The molecule has 0 radical (unpaired) electrons. The van der Waals surface area contributed by atoms with Crippen LogP contribution < -0.4 is 4.90 Å². The van der Waals surface area contributed by atoms with Crippen LogP contribution in [0.2, 0.25) is 0 Å². The second-order valence-corrected chi connectivity index (χ2v) is 12.1. The summed E-state index contributed by atoms with van der Waals surface area (Å²) in [5.41, 5.74) is 3.75. The minimum atomic E-state index is -0.501. The van der Waals surface area contributed by atoms with Crippen LogP contribution in [0.1, 0.15) is 76.5 Å². The van der Waals surface area contributed by atoms with Gasteiger partial charge in [-0.2, -0.15) is 0 Å². The Morgan fingerprint density at radius 1 is 1.03 bits per heavy atom. The predicted molar refractivity (Wildman–Crippen MR) is 148 cm³/mol. The number of anilines is 1. The lowest BCUT2D eigenvalue weighted by atomic mass is 10.0. The zero-order valence-electron chi connectivity index (χ0n) is 22.8. The number of pyridine rings is 2. The Kier molecular flexibility index (Phi) is 6.66. The van der Waals surface area contributed by atoms with Crippen molar-refractivity contribution in [3.05, 3.63) is 42.0 Å². The largest absolute Gasteiger partial charge is 0.444 e. The molecule has 38 heavy (non-hydrogen) atoms. The second kappa shape index (κ2) is 10.1. The standard InChI is InChI=1S/C30H38N6O2/c1-30(2,3)38-29(37)36-14-12-35(13-15-36)28-26-24(21-8-9-21)18-31-19-25(26)33-27(34-28)22-10-11-32-23(17-22)16-20-6-4-5-7-20/h10-11,17-21H,4-9,12-16H2,1-3H3. The van der Waals surface area contributed by atoms with E-state index in [1.165, 1.54) is 44.1 Å². The summed E-state index contributed by atoms with van der Waals surface area (Å²) >= 11 is 0. The van der Waals surface area contributed by atoms with Crippen LogP contribution in [0.15, 0.2) is 30.7 Å². The molecule has 4 heterocycles. The summed E-state index contributed by atoms with van der Waals surface area (Å²) < 4.78 is 5.61. The lowest BCUT2D eigenvalue weighted by Gasteiger charge is -2.36. The molecule has 3 aliphatic rings. The lowest BCUT2D eigenvalue weighted by Crippen LogP contribution is -2.50. The highest BCUT2D eigenvalue weighted by Gasteiger charge is 2.31. The molecule has 1 amide bonds. The maximum absolute atomic E-state index is 12.7. The molecule has 8 nitrogen and oxygen atoms in total. The molecule has 200 valence electrons. The smallest absolute Gasteiger partial charge is 0.410 e. The lowest BCUT2D eigenvalue weighted by molar-refractivity contribution is 0.0240. The van der Waals surface area contributed by atoms with E-state index < -0.39 is 5.60 Å². The number of carbonyl (C=O) groups excluding carboxylic acids is 1. The normalized spacial score (nSPS) is 18.8. The molecule has 8 heteroatoms. The number of fused-ring (bicyclic) bond motifs is 1. The fourth-order valence-electron chi connectivity index (χ4n) is 5.82. The van der Waals surface area contributed by atoms with E-state index >= 15 is 0 Å². The Hall–Kier alpha value is -3.29. The molecule has 0 aromatic carbocycles. The molecule has 1 saturated heterocycles. The van der Waals surface area contributed by atoms with Crippen molar-refractivity contribution >= 4 is 22.8 Å². The number of piperazine rings is 1. The summed E-state index contributed by atoms with van der Waals surface area (Å²) in [6.07, 6.45) is 14.2. The van der Waals surface area contributed by atoms with Crippen LogP contribution in [0.3, 0.4) is 0 Å². The third-order valence-corrected chi connectivity index (χ3v) is 7.91. The number of rotatable bonds is 5. The average Bonchev–Trinajstić information content (AvgIpc) is 3.63. The fraction of sp³-hybridized carbons (Fsp3) is 0.567. The van der Waals surface area contributed by atoms with Gasteiger partial charge in [-0.3, -0.25) is 9.97 Å². The fourth-order valence-corrected chi connectivity index (χ4v) is 5.82. The van der Waals surface area contributed by atoms with Gasteiger partial charge in [0.15, 0.2) is 5.82 Å². The number of aromatic nitrogens is 4. The van der Waals surface area contributed by atoms with Gasteiger partial charge in [-0.15, -0.1) is 0 Å². The topological polar surface area (TPSA) is 84.3 Å². The minimum absolute atomic E-state index is 0.250. The molecule has 0 spiro atoms. The van der Waals surface area contributed by atoms with Gasteiger partial charge in [0, 0.05) is 55.2 Å². The highest BCUT2D eigenvalue weighted by molar-refractivity contribution is 5.94. The molecule has 0 unspecified atom stereocenters. The van der Waals surface area contributed by atoms with Gasteiger partial charge in [-0.05, 0) is 69.6 Å². The maximum atomic E-state index is 12.7. The number of carbonyl (C=O) groups is 1. The van der Waals surface area contributed by atoms with E-state index in [1.54, 1.807) is 4.90 Å². The van der Waals surface area contributed by atoms with Gasteiger partial charge in [0.05, 0.1) is 11.7 Å². The van der Waals surface area contributed by atoms with Crippen LogP contribution in [0.5, 0.6) is 0 Å². The highest BCUT2D eigenvalue weighted by atomic mass is 16.6. The molecule has 1 aliphatic heterocycles. The zero-order chi connectivity index (χ0) is 26.3. The van der Waals surface area contributed by atoms with Gasteiger partial charge >= 0.3 is 6.09 Å². The molecule has 0 N–H and O–H groups in total. The van der Waals surface area contributed by atoms with Gasteiger partial charge < -0.3 is 14.5 Å². The van der Waals surface area contributed by atoms with Gasteiger partial charge in [-0.1, -0.05) is 25.7 Å². The van der Waals surface area contributed by atoms with Gasteiger partial charge in [0.25, 0.3) is 0 Å². The van der Waals surface area contributed by atoms with Crippen LogP contribution in [-0.4, -0.2) is 62.7 Å². The summed E-state index contributed by atoms with van der Waals surface area (Å²) in [7, 11) is 0. The second-order valence-electron chi connectivity index (χ2n) is 12.1. The third-order valence-electron chi connectivity index (χ3n) is 7.91. The van der Waals surface area contributed by atoms with Crippen molar-refractivity contribution in [3.63, 3.8) is 0 Å². The highest BCUT2D eigenvalue weighted by Crippen LogP contribution is 2.45. The Labute approximate surface area is 224 Å². The van der Waals surface area contributed by atoms with Crippen LogP contribution in [0.25, 0.3) is 22.3 Å². The molecule has 0 bridgehead atoms. The summed E-state index contributed by atoms with van der Waals surface area (Å²) in [5.74, 6) is 2.93. The Morgan fingerprint density at radius 3 is 2.50 bits per heavy atom. The first-order valence-electron chi connectivity index (χ1n) is 14.2. The van der Waals surface area contributed by atoms with Crippen molar-refractivity contribution in [2.45, 2.75) is 77.2 Å². The summed E-state index contributed by atoms with van der Waals surface area (Å²) in [5, 5.41) is 1.11. The molecular weight excluding hydrogens is 476 g/mol. The summed E-state index contributed by atoms with van der Waals surface area (Å²) in [6.45, 7) is 8.30. The first-order valence-corrected chi connectivity index (χ1v) is 14.2. The third kappa shape index (κ3) is 5.45. The van der Waals surface area contributed by atoms with E-state index in [0.717, 1.165) is 40.3 Å². The molecule has 3 aromatic rings. The van der Waals surface area contributed by atoms with Gasteiger partial charge in [0.2, 0.25) is 0 Å². The van der Waals surface area contributed by atoms with Crippen molar-refractivity contribution in [1.29, 1.82) is 0 Å². The Balaban J connectivity index is 1.32. The molecule has 2 aliphatic carbocycles. The van der Waals surface area contributed by atoms with Crippen molar-refractivity contribution in [1.82, 2.24) is 24.8 Å². The van der Waals surface area contributed by atoms with Crippen molar-refractivity contribution < 1.29 is 9.53 Å². The van der Waals surface area contributed by atoms with E-state index in [1.807, 2.05) is 45.4 Å². The summed E-state index contributed by atoms with van der Waals surface area (Å²) in [6, 6.07) is 4.18.